The summed E-state index contributed by atoms with van der Waals surface area (Å²) >= 11 is 0. The summed E-state index contributed by atoms with van der Waals surface area (Å²) < 4.78 is 4.97. The number of nitrogens with one attached hydrogen (secondary N) is 1. The van der Waals surface area contributed by atoms with Gasteiger partial charge in [-0.1, -0.05) is 0 Å². The molecule has 1 aromatic heterocycles. The molecule has 5 nitrogen and oxygen atoms in total. The summed E-state index contributed by atoms with van der Waals surface area (Å²) in [6.07, 6.45) is 2.74. The quantitative estimate of drug-likeness (QED) is 0.678. The Balaban J connectivity index is 2.28. The number of primary amides is 1. The molecule has 0 bridgehead atoms. The highest BCUT2D eigenvalue weighted by molar-refractivity contribution is 5.73. The molecule has 0 spiro atoms. The van der Waals surface area contributed by atoms with Crippen molar-refractivity contribution >= 4 is 11.7 Å². The summed E-state index contributed by atoms with van der Waals surface area (Å²) in [5.41, 5.74) is 5.01. The van der Waals surface area contributed by atoms with Crippen LogP contribution in [0.25, 0.3) is 0 Å². The van der Waals surface area contributed by atoms with Crippen molar-refractivity contribution in [3.8, 4) is 5.75 Å². The zero-order chi connectivity index (χ0) is 11.1. The number of nitrogens with zero attached hydrogens (tertiary/aromatic N) is 1. The van der Waals surface area contributed by atoms with E-state index in [0.29, 0.717) is 19.4 Å². The number of ether oxygens (including phenoxy) is 1. The van der Waals surface area contributed by atoms with Crippen molar-refractivity contribution < 1.29 is 9.53 Å². The van der Waals surface area contributed by atoms with Crippen molar-refractivity contribution in [1.82, 2.24) is 4.98 Å². The lowest BCUT2D eigenvalue weighted by Gasteiger charge is -2.05. The van der Waals surface area contributed by atoms with Crippen LogP contribution in [0, 0.1) is 0 Å². The molecular formula is C10H15N3O2. The van der Waals surface area contributed by atoms with E-state index < -0.39 is 0 Å². The van der Waals surface area contributed by atoms with Gasteiger partial charge in [0.25, 0.3) is 0 Å². The summed E-state index contributed by atoms with van der Waals surface area (Å²) in [6, 6.07) is 3.65. The second-order valence-electron chi connectivity index (χ2n) is 3.08. The van der Waals surface area contributed by atoms with Crippen molar-refractivity contribution in [2.45, 2.75) is 12.8 Å². The summed E-state index contributed by atoms with van der Waals surface area (Å²) in [4.78, 5) is 14.6. The van der Waals surface area contributed by atoms with Gasteiger partial charge in [-0.25, -0.2) is 4.98 Å². The summed E-state index contributed by atoms with van der Waals surface area (Å²) in [5.74, 6) is 1.21. The lowest BCUT2D eigenvalue weighted by atomic mass is 10.3. The molecule has 3 N–H and O–H groups in total. The molecule has 0 saturated carbocycles. The number of hydrogen-bond acceptors (Lipinski definition) is 4. The Kier molecular flexibility index (Phi) is 4.40. The molecular weight excluding hydrogens is 194 g/mol. The van der Waals surface area contributed by atoms with Gasteiger partial charge in [-0.05, 0) is 18.6 Å². The molecule has 15 heavy (non-hydrogen) atoms. The molecule has 0 aromatic carbocycles. The van der Waals surface area contributed by atoms with Crippen LogP contribution in [0.15, 0.2) is 18.3 Å². The first kappa shape index (κ1) is 11.3. The fourth-order valence-electron chi connectivity index (χ4n) is 1.08. The monoisotopic (exact) mass is 209 g/mol. The minimum absolute atomic E-state index is 0.278. The van der Waals surface area contributed by atoms with Crippen molar-refractivity contribution in [3.63, 3.8) is 0 Å². The minimum Gasteiger partial charge on any atom is -0.495 e. The molecule has 1 heterocycles. The number of carbonyl (C=O) groups excluding carboxylic acids is 1. The van der Waals surface area contributed by atoms with E-state index in [2.05, 4.69) is 10.3 Å². The van der Waals surface area contributed by atoms with Crippen LogP contribution in [0.1, 0.15) is 12.8 Å². The minimum atomic E-state index is -0.278. The molecule has 0 radical (unpaired) electrons. The fraction of sp³-hybridized carbons (Fsp3) is 0.400. The third kappa shape index (κ3) is 4.30. The van der Waals surface area contributed by atoms with E-state index in [1.54, 1.807) is 13.3 Å². The van der Waals surface area contributed by atoms with Crippen LogP contribution in [0.2, 0.25) is 0 Å². The molecule has 1 rings (SSSR count). The van der Waals surface area contributed by atoms with E-state index in [-0.39, 0.29) is 5.91 Å². The van der Waals surface area contributed by atoms with E-state index >= 15 is 0 Å². The molecule has 0 fully saturated rings. The number of methoxy groups -OCH3 is 1. The molecule has 0 saturated heterocycles. The van der Waals surface area contributed by atoms with Gasteiger partial charge in [0, 0.05) is 13.0 Å². The Morgan fingerprint density at radius 3 is 2.93 bits per heavy atom. The molecule has 0 unspecified atom stereocenters. The number of carbonyl (C=O) groups is 1. The first-order valence-electron chi connectivity index (χ1n) is 4.74. The third-order valence-corrected chi connectivity index (χ3v) is 1.88. The highest BCUT2D eigenvalue weighted by Gasteiger charge is 1.96. The lowest BCUT2D eigenvalue weighted by molar-refractivity contribution is -0.118. The topological polar surface area (TPSA) is 77.2 Å². The van der Waals surface area contributed by atoms with Crippen LogP contribution in [0.4, 0.5) is 5.82 Å². The molecule has 82 valence electrons. The summed E-state index contributed by atoms with van der Waals surface area (Å²) in [7, 11) is 1.59. The molecule has 5 heteroatoms. The second kappa shape index (κ2) is 5.85. The predicted molar refractivity (Wildman–Crippen MR) is 57.7 cm³/mol. The maximum Gasteiger partial charge on any atom is 0.217 e. The molecule has 0 aliphatic rings. The van der Waals surface area contributed by atoms with Crippen LogP contribution in [-0.4, -0.2) is 24.5 Å². The Morgan fingerprint density at radius 1 is 1.60 bits per heavy atom. The van der Waals surface area contributed by atoms with E-state index in [4.69, 9.17) is 10.5 Å². The molecule has 0 aliphatic carbocycles. The maximum atomic E-state index is 10.5. The number of rotatable bonds is 6. The molecule has 1 aromatic rings. The Bertz CT molecular complexity index is 311. The highest BCUT2D eigenvalue weighted by Crippen LogP contribution is 2.10. The molecule has 1 amide bonds. The van der Waals surface area contributed by atoms with Gasteiger partial charge in [0.1, 0.15) is 11.6 Å². The van der Waals surface area contributed by atoms with E-state index in [9.17, 15) is 4.79 Å². The average molecular weight is 209 g/mol. The highest BCUT2D eigenvalue weighted by atomic mass is 16.5. The number of anilines is 1. The van der Waals surface area contributed by atoms with E-state index in [0.717, 1.165) is 11.6 Å². The van der Waals surface area contributed by atoms with Gasteiger partial charge >= 0.3 is 0 Å². The predicted octanol–water partition coefficient (Wildman–Crippen LogP) is 0.768. The Hall–Kier alpha value is -1.78. The van der Waals surface area contributed by atoms with Crippen molar-refractivity contribution in [3.05, 3.63) is 18.3 Å². The number of aromatic nitrogens is 1. The van der Waals surface area contributed by atoms with E-state index in [1.807, 2.05) is 12.1 Å². The van der Waals surface area contributed by atoms with Crippen LogP contribution < -0.4 is 15.8 Å². The molecule has 0 aliphatic heterocycles. The first-order chi connectivity index (χ1) is 7.22. The Morgan fingerprint density at radius 2 is 2.40 bits per heavy atom. The first-order valence-corrected chi connectivity index (χ1v) is 4.74. The van der Waals surface area contributed by atoms with Gasteiger partial charge in [-0.15, -0.1) is 0 Å². The van der Waals surface area contributed by atoms with E-state index in [1.165, 1.54) is 0 Å². The number of hydrogen-bond donors (Lipinski definition) is 2. The van der Waals surface area contributed by atoms with Crippen molar-refractivity contribution in [2.24, 2.45) is 5.73 Å². The lowest BCUT2D eigenvalue weighted by Crippen LogP contribution is -2.12. The van der Waals surface area contributed by atoms with Crippen molar-refractivity contribution in [1.29, 1.82) is 0 Å². The zero-order valence-corrected chi connectivity index (χ0v) is 8.69. The second-order valence-corrected chi connectivity index (χ2v) is 3.08. The number of nitrogens with two attached hydrogens (primary N) is 1. The Labute approximate surface area is 88.6 Å². The summed E-state index contributed by atoms with van der Waals surface area (Å²) in [5, 5.41) is 3.08. The van der Waals surface area contributed by atoms with Gasteiger partial charge in [-0.2, -0.15) is 0 Å². The average Bonchev–Trinajstić information content (AvgIpc) is 2.25. The van der Waals surface area contributed by atoms with Crippen LogP contribution in [0.3, 0.4) is 0 Å². The number of pyridine rings is 1. The maximum absolute atomic E-state index is 10.5. The zero-order valence-electron chi connectivity index (χ0n) is 8.69. The van der Waals surface area contributed by atoms with Gasteiger partial charge in [-0.3, -0.25) is 4.79 Å². The number of amides is 1. The van der Waals surface area contributed by atoms with Gasteiger partial charge in [0.2, 0.25) is 5.91 Å². The largest absolute Gasteiger partial charge is 0.495 e. The van der Waals surface area contributed by atoms with Crippen LogP contribution in [-0.2, 0) is 4.79 Å². The fourth-order valence-corrected chi connectivity index (χ4v) is 1.08. The standard InChI is InChI=1S/C10H15N3O2/c1-15-8-4-5-10(13-7-8)12-6-2-3-9(11)14/h4-5,7H,2-3,6H2,1H3,(H2,11,14)(H,12,13). The normalized spacial score (nSPS) is 9.67. The smallest absolute Gasteiger partial charge is 0.217 e. The van der Waals surface area contributed by atoms with Gasteiger partial charge in [0.05, 0.1) is 13.3 Å². The van der Waals surface area contributed by atoms with Gasteiger partial charge in [0.15, 0.2) is 0 Å². The van der Waals surface area contributed by atoms with Crippen LogP contribution >= 0.6 is 0 Å². The molecule has 0 atom stereocenters. The van der Waals surface area contributed by atoms with Crippen LogP contribution in [0.5, 0.6) is 5.75 Å². The van der Waals surface area contributed by atoms with Gasteiger partial charge < -0.3 is 15.8 Å². The SMILES string of the molecule is COc1ccc(NCCCC(N)=O)nc1. The third-order valence-electron chi connectivity index (χ3n) is 1.88. The summed E-state index contributed by atoms with van der Waals surface area (Å²) in [6.45, 7) is 0.683. The van der Waals surface area contributed by atoms with Crippen molar-refractivity contribution in [2.75, 3.05) is 19.0 Å².